The summed E-state index contributed by atoms with van der Waals surface area (Å²) in [7, 11) is 0. The summed E-state index contributed by atoms with van der Waals surface area (Å²) in [5.74, 6) is -0.0383. The monoisotopic (exact) mass is 246 g/mol. The first-order valence-electron chi connectivity index (χ1n) is 5.52. The average molecular weight is 246 g/mol. The highest BCUT2D eigenvalue weighted by atomic mass is 32.1. The Hall–Kier alpha value is -1.52. The molecule has 0 aliphatic rings. The van der Waals surface area contributed by atoms with Gasteiger partial charge in [0.15, 0.2) is 0 Å². The summed E-state index contributed by atoms with van der Waals surface area (Å²) < 4.78 is 0. The molecule has 1 aromatic heterocycles. The molecule has 0 saturated heterocycles. The van der Waals surface area contributed by atoms with E-state index >= 15 is 0 Å². The summed E-state index contributed by atoms with van der Waals surface area (Å²) in [6.07, 6.45) is 0.975. The molecule has 1 aromatic carbocycles. The molecule has 1 heterocycles. The van der Waals surface area contributed by atoms with Gasteiger partial charge in [-0.2, -0.15) is 0 Å². The molecule has 0 amide bonds. The molecule has 0 aliphatic heterocycles. The van der Waals surface area contributed by atoms with Gasteiger partial charge in [0, 0.05) is 17.5 Å². The molecule has 0 aliphatic carbocycles. The second-order valence-electron chi connectivity index (χ2n) is 3.71. The van der Waals surface area contributed by atoms with Crippen LogP contribution in [-0.4, -0.2) is 10.8 Å². The van der Waals surface area contributed by atoms with E-state index in [0.717, 1.165) is 11.4 Å². The number of hydrogen-bond acceptors (Lipinski definition) is 4. The summed E-state index contributed by atoms with van der Waals surface area (Å²) in [6.45, 7) is 2.47. The van der Waals surface area contributed by atoms with Gasteiger partial charge in [-0.05, 0) is 12.0 Å². The lowest BCUT2D eigenvalue weighted by Crippen LogP contribution is -2.03. The first kappa shape index (κ1) is 12.0. The summed E-state index contributed by atoms with van der Waals surface area (Å²) in [6, 6.07) is 7.65. The minimum Gasteiger partial charge on any atom is -0.325 e. The maximum atomic E-state index is 12.1. The molecular weight excluding hydrogens is 232 g/mol. The van der Waals surface area contributed by atoms with Crippen LogP contribution in [0.2, 0.25) is 0 Å². The van der Waals surface area contributed by atoms with E-state index in [4.69, 9.17) is 5.73 Å². The number of carbonyl (C=O) groups is 1. The normalized spacial score (nSPS) is 10.5. The number of aryl methyl sites for hydroxylation is 1. The van der Waals surface area contributed by atoms with Crippen LogP contribution in [0.25, 0.3) is 0 Å². The minimum absolute atomic E-state index is 0.0383. The zero-order valence-electron chi connectivity index (χ0n) is 9.64. The third kappa shape index (κ3) is 2.60. The second-order valence-corrected chi connectivity index (χ2v) is 4.65. The molecule has 2 rings (SSSR count). The van der Waals surface area contributed by atoms with Crippen molar-refractivity contribution < 1.29 is 4.79 Å². The van der Waals surface area contributed by atoms with Crippen LogP contribution in [0.1, 0.15) is 33.5 Å². The van der Waals surface area contributed by atoms with Crippen molar-refractivity contribution in [1.29, 1.82) is 0 Å². The zero-order chi connectivity index (χ0) is 12.3. The molecule has 3 nitrogen and oxygen atoms in total. The van der Waals surface area contributed by atoms with Crippen LogP contribution >= 0.6 is 11.3 Å². The Bertz CT molecular complexity index is 516. The van der Waals surface area contributed by atoms with Crippen LogP contribution in [-0.2, 0) is 13.0 Å². The van der Waals surface area contributed by atoms with E-state index in [1.807, 2.05) is 24.3 Å². The lowest BCUT2D eigenvalue weighted by Gasteiger charge is -1.99. The van der Waals surface area contributed by atoms with Crippen molar-refractivity contribution >= 4 is 17.1 Å². The summed E-state index contributed by atoms with van der Waals surface area (Å²) >= 11 is 1.42. The molecule has 0 saturated carbocycles. The molecule has 88 valence electrons. The second kappa shape index (κ2) is 5.21. The van der Waals surface area contributed by atoms with Gasteiger partial charge in [-0.15, -0.1) is 11.3 Å². The van der Waals surface area contributed by atoms with Crippen molar-refractivity contribution in [2.75, 3.05) is 0 Å². The largest absolute Gasteiger partial charge is 0.325 e. The highest BCUT2D eigenvalue weighted by Gasteiger charge is 2.12. The molecule has 0 radical (unpaired) electrons. The fourth-order valence-electron chi connectivity index (χ4n) is 1.55. The molecule has 0 bridgehead atoms. The SMILES string of the molecule is CCc1ccc(C(=O)c2csc(CN)n2)cc1. The third-order valence-corrected chi connectivity index (χ3v) is 3.45. The van der Waals surface area contributed by atoms with Crippen molar-refractivity contribution in [3.05, 3.63) is 51.5 Å². The van der Waals surface area contributed by atoms with Gasteiger partial charge in [0.2, 0.25) is 5.78 Å². The lowest BCUT2D eigenvalue weighted by atomic mass is 10.1. The Kier molecular flexibility index (Phi) is 3.66. The van der Waals surface area contributed by atoms with Gasteiger partial charge in [0.05, 0.1) is 0 Å². The zero-order valence-corrected chi connectivity index (χ0v) is 10.5. The third-order valence-electron chi connectivity index (χ3n) is 2.58. The molecule has 0 spiro atoms. The molecule has 2 aromatic rings. The smallest absolute Gasteiger partial charge is 0.212 e. The number of ketones is 1. The first-order valence-corrected chi connectivity index (χ1v) is 6.40. The van der Waals surface area contributed by atoms with Gasteiger partial charge in [0.1, 0.15) is 10.7 Å². The Morgan fingerprint density at radius 1 is 1.35 bits per heavy atom. The number of nitrogens with two attached hydrogens (primary N) is 1. The van der Waals surface area contributed by atoms with Gasteiger partial charge < -0.3 is 5.73 Å². The van der Waals surface area contributed by atoms with Crippen LogP contribution in [0.3, 0.4) is 0 Å². The van der Waals surface area contributed by atoms with E-state index < -0.39 is 0 Å². The number of aromatic nitrogens is 1. The predicted molar refractivity (Wildman–Crippen MR) is 69.3 cm³/mol. The standard InChI is InChI=1S/C13H14N2OS/c1-2-9-3-5-10(6-4-9)13(16)11-8-17-12(7-14)15-11/h3-6,8H,2,7,14H2,1H3. The van der Waals surface area contributed by atoms with Gasteiger partial charge in [-0.25, -0.2) is 4.98 Å². The van der Waals surface area contributed by atoms with E-state index in [0.29, 0.717) is 17.8 Å². The average Bonchev–Trinajstić information content (AvgIpc) is 2.87. The quantitative estimate of drug-likeness (QED) is 0.843. The van der Waals surface area contributed by atoms with Crippen LogP contribution < -0.4 is 5.73 Å². The fourth-order valence-corrected chi connectivity index (χ4v) is 2.20. The number of benzene rings is 1. The van der Waals surface area contributed by atoms with Crippen LogP contribution in [0.5, 0.6) is 0 Å². The molecule has 4 heteroatoms. The predicted octanol–water partition coefficient (Wildman–Crippen LogP) is 2.40. The van der Waals surface area contributed by atoms with E-state index in [2.05, 4.69) is 11.9 Å². The molecule has 2 N–H and O–H groups in total. The van der Waals surface area contributed by atoms with Gasteiger partial charge in [-0.3, -0.25) is 4.79 Å². The summed E-state index contributed by atoms with van der Waals surface area (Å²) in [4.78, 5) is 16.3. The van der Waals surface area contributed by atoms with Crippen molar-refractivity contribution in [3.63, 3.8) is 0 Å². The Morgan fingerprint density at radius 3 is 2.59 bits per heavy atom. The topological polar surface area (TPSA) is 56.0 Å². The van der Waals surface area contributed by atoms with Crippen molar-refractivity contribution in [2.45, 2.75) is 19.9 Å². The summed E-state index contributed by atoms with van der Waals surface area (Å²) in [5, 5.41) is 2.55. The number of carbonyl (C=O) groups excluding carboxylic acids is 1. The fraction of sp³-hybridized carbons (Fsp3) is 0.231. The van der Waals surface area contributed by atoms with Gasteiger partial charge in [0.25, 0.3) is 0 Å². The highest BCUT2D eigenvalue weighted by molar-refractivity contribution is 7.09. The van der Waals surface area contributed by atoms with E-state index in [9.17, 15) is 4.79 Å². The highest BCUT2D eigenvalue weighted by Crippen LogP contribution is 2.14. The Balaban J connectivity index is 2.23. The van der Waals surface area contributed by atoms with Crippen LogP contribution in [0, 0.1) is 0 Å². The van der Waals surface area contributed by atoms with Crippen molar-refractivity contribution in [3.8, 4) is 0 Å². The minimum atomic E-state index is -0.0383. The van der Waals surface area contributed by atoms with E-state index in [1.165, 1.54) is 16.9 Å². The van der Waals surface area contributed by atoms with Crippen molar-refractivity contribution in [1.82, 2.24) is 4.98 Å². The molecule has 0 atom stereocenters. The number of thiazole rings is 1. The maximum absolute atomic E-state index is 12.1. The molecular formula is C13H14N2OS. The first-order chi connectivity index (χ1) is 8.24. The Morgan fingerprint density at radius 2 is 2.06 bits per heavy atom. The maximum Gasteiger partial charge on any atom is 0.212 e. The molecule has 0 fully saturated rings. The van der Waals surface area contributed by atoms with E-state index in [-0.39, 0.29) is 5.78 Å². The molecule has 17 heavy (non-hydrogen) atoms. The number of rotatable bonds is 4. The van der Waals surface area contributed by atoms with Crippen LogP contribution in [0.15, 0.2) is 29.6 Å². The van der Waals surface area contributed by atoms with Gasteiger partial charge in [-0.1, -0.05) is 31.2 Å². The van der Waals surface area contributed by atoms with E-state index in [1.54, 1.807) is 5.38 Å². The number of hydrogen-bond donors (Lipinski definition) is 1. The van der Waals surface area contributed by atoms with Crippen molar-refractivity contribution in [2.24, 2.45) is 5.73 Å². The Labute approximate surface area is 104 Å². The van der Waals surface area contributed by atoms with Gasteiger partial charge >= 0.3 is 0 Å². The van der Waals surface area contributed by atoms with Crippen LogP contribution in [0.4, 0.5) is 0 Å². The number of nitrogens with zero attached hydrogens (tertiary/aromatic N) is 1. The lowest BCUT2D eigenvalue weighted by molar-refractivity contribution is 0.103. The summed E-state index contributed by atoms with van der Waals surface area (Å²) in [5.41, 5.74) is 7.86. The molecule has 0 unspecified atom stereocenters.